The summed E-state index contributed by atoms with van der Waals surface area (Å²) in [7, 11) is -4.04. The quantitative estimate of drug-likeness (QED) is 0.228. The molecule has 0 spiro atoms. The molecule has 0 amide bonds. The molecule has 10 heteroatoms. The molecule has 0 aliphatic carbocycles. The van der Waals surface area contributed by atoms with Gasteiger partial charge in [-0.15, -0.1) is 0 Å². The summed E-state index contributed by atoms with van der Waals surface area (Å²) in [5.41, 5.74) is 9.28. The molecule has 1 unspecified atom stereocenters. The third-order valence-corrected chi connectivity index (χ3v) is 6.32. The van der Waals surface area contributed by atoms with Crippen molar-refractivity contribution in [3.63, 3.8) is 0 Å². The van der Waals surface area contributed by atoms with Crippen molar-refractivity contribution in [1.82, 2.24) is 4.31 Å². The molecule has 0 saturated carbocycles. The monoisotopic (exact) mass is 426 g/mol. The second-order valence-electron chi connectivity index (χ2n) is 5.22. The number of alkyl halides is 1. The largest absolute Gasteiger partial charge is 0.439 e. The lowest BCUT2D eigenvalue weighted by molar-refractivity contribution is 0.207. The highest BCUT2D eigenvalue weighted by molar-refractivity contribution is 9.09. The fourth-order valence-electron chi connectivity index (χ4n) is 2.28. The standard InChI is InChI=1S/C15H15BrN4O4S/c1-11-2-4-12(5-3-11)25(22,23)20-14(7-9-24-15(20)10-21)13(16)6-8-18-19-17/h2-5,7,9,13-14H,6,8H2,1H3/t13?,14-/m1/s1. The fraction of sp³-hybridized carbons (Fsp3) is 0.333. The zero-order chi connectivity index (χ0) is 18.4. The maximum Gasteiger partial charge on any atom is 0.297 e. The van der Waals surface area contributed by atoms with E-state index in [0.717, 1.165) is 9.87 Å². The van der Waals surface area contributed by atoms with E-state index in [1.807, 2.05) is 6.92 Å². The minimum absolute atomic E-state index is 0.0319. The summed E-state index contributed by atoms with van der Waals surface area (Å²) >= 11 is 3.40. The van der Waals surface area contributed by atoms with Crippen LogP contribution < -0.4 is 0 Å². The number of hydrogen-bond acceptors (Lipinski definition) is 5. The Labute approximate surface area is 153 Å². The molecule has 0 fully saturated rings. The second-order valence-corrected chi connectivity index (χ2v) is 8.21. The highest BCUT2D eigenvalue weighted by Crippen LogP contribution is 2.31. The van der Waals surface area contributed by atoms with Crippen molar-refractivity contribution in [3.8, 4) is 0 Å². The number of sulfonamides is 1. The Balaban J connectivity index is 2.43. The molecule has 1 aliphatic heterocycles. The van der Waals surface area contributed by atoms with Crippen LogP contribution in [0.3, 0.4) is 0 Å². The van der Waals surface area contributed by atoms with Crippen molar-refractivity contribution in [2.24, 2.45) is 5.11 Å². The van der Waals surface area contributed by atoms with Gasteiger partial charge in [0.1, 0.15) is 0 Å². The minimum Gasteiger partial charge on any atom is -0.439 e. The van der Waals surface area contributed by atoms with E-state index < -0.39 is 26.8 Å². The Bertz CT molecular complexity index is 856. The van der Waals surface area contributed by atoms with Crippen LogP contribution >= 0.6 is 15.9 Å². The van der Waals surface area contributed by atoms with Crippen LogP contribution in [0.4, 0.5) is 0 Å². The molecule has 0 N–H and O–H groups in total. The average Bonchev–Trinajstić information content (AvgIpc) is 2.61. The number of ether oxygens (including phenoxy) is 1. The molecule has 0 aromatic heterocycles. The number of azide groups is 1. The van der Waals surface area contributed by atoms with Crippen molar-refractivity contribution < 1.29 is 17.9 Å². The molecular weight excluding hydrogens is 412 g/mol. The van der Waals surface area contributed by atoms with E-state index in [4.69, 9.17) is 10.3 Å². The Kier molecular flexibility index (Phi) is 6.27. The molecule has 2 atom stereocenters. The van der Waals surface area contributed by atoms with E-state index in [1.165, 1.54) is 30.4 Å². The van der Waals surface area contributed by atoms with Gasteiger partial charge in [-0.25, -0.2) is 17.5 Å². The molecule has 0 bridgehead atoms. The number of hydrogen-bond donors (Lipinski definition) is 0. The van der Waals surface area contributed by atoms with Gasteiger partial charge in [-0.05, 0) is 37.1 Å². The Morgan fingerprint density at radius 1 is 1.44 bits per heavy atom. The molecule has 0 radical (unpaired) electrons. The Morgan fingerprint density at radius 3 is 2.72 bits per heavy atom. The van der Waals surface area contributed by atoms with Crippen LogP contribution in [0.25, 0.3) is 10.4 Å². The number of carbonyl (C=O) groups excluding carboxylic acids is 1. The van der Waals surface area contributed by atoms with Crippen molar-refractivity contribution >= 4 is 31.9 Å². The molecule has 1 heterocycles. The van der Waals surface area contributed by atoms with Gasteiger partial charge >= 0.3 is 0 Å². The van der Waals surface area contributed by atoms with Gasteiger partial charge in [-0.2, -0.15) is 0 Å². The van der Waals surface area contributed by atoms with E-state index in [9.17, 15) is 13.2 Å². The summed E-state index contributed by atoms with van der Waals surface area (Å²) in [6.45, 7) is 2.02. The van der Waals surface area contributed by atoms with Gasteiger partial charge in [-0.1, -0.05) is 38.7 Å². The van der Waals surface area contributed by atoms with Gasteiger partial charge in [0, 0.05) is 16.3 Å². The third-order valence-electron chi connectivity index (χ3n) is 3.53. The topological polar surface area (TPSA) is 112 Å². The highest BCUT2D eigenvalue weighted by Gasteiger charge is 2.39. The van der Waals surface area contributed by atoms with Crippen LogP contribution in [0, 0.1) is 6.92 Å². The molecular formula is C15H15BrN4O4S. The molecule has 25 heavy (non-hydrogen) atoms. The van der Waals surface area contributed by atoms with Gasteiger partial charge in [0.05, 0.1) is 17.2 Å². The van der Waals surface area contributed by atoms with Crippen LogP contribution in [-0.2, 0) is 19.6 Å². The van der Waals surface area contributed by atoms with Crippen molar-refractivity contribution in [3.05, 3.63) is 58.5 Å². The van der Waals surface area contributed by atoms with Crippen LogP contribution in [0.1, 0.15) is 12.0 Å². The molecule has 1 aromatic carbocycles. The van der Waals surface area contributed by atoms with E-state index in [2.05, 4.69) is 26.0 Å². The number of rotatable bonds is 6. The first-order valence-electron chi connectivity index (χ1n) is 7.26. The summed E-state index contributed by atoms with van der Waals surface area (Å²) in [6.07, 6.45) is 3.13. The SMILES string of the molecule is Cc1ccc(S(=O)(=O)N2C(=C=O)OC=C[C@@H]2C(Br)CCN=[N+]=[N-])cc1. The summed E-state index contributed by atoms with van der Waals surface area (Å²) in [5, 5.41) is 3.44. The van der Waals surface area contributed by atoms with E-state index in [0.29, 0.717) is 6.42 Å². The maximum atomic E-state index is 13.0. The van der Waals surface area contributed by atoms with Gasteiger partial charge < -0.3 is 4.74 Å². The van der Waals surface area contributed by atoms with Gasteiger partial charge in [0.2, 0.25) is 0 Å². The number of nitrogens with zero attached hydrogens (tertiary/aromatic N) is 4. The van der Waals surface area contributed by atoms with E-state index in [-0.39, 0.29) is 11.4 Å². The average molecular weight is 427 g/mol. The lowest BCUT2D eigenvalue weighted by atomic mass is 10.1. The fourth-order valence-corrected chi connectivity index (χ4v) is 4.59. The molecule has 1 aliphatic rings. The molecule has 0 saturated heterocycles. The van der Waals surface area contributed by atoms with Crippen molar-refractivity contribution in [2.45, 2.75) is 29.1 Å². The van der Waals surface area contributed by atoms with Gasteiger partial charge in [0.25, 0.3) is 15.9 Å². The minimum atomic E-state index is -4.04. The molecule has 2 rings (SSSR count). The Morgan fingerprint density at radius 2 is 2.12 bits per heavy atom. The first kappa shape index (κ1) is 19.1. The normalized spacial score (nSPS) is 18.1. The van der Waals surface area contributed by atoms with Crippen LogP contribution in [0.5, 0.6) is 0 Å². The van der Waals surface area contributed by atoms with E-state index >= 15 is 0 Å². The van der Waals surface area contributed by atoms with Crippen LogP contribution in [0.15, 0.2) is 52.5 Å². The summed E-state index contributed by atoms with van der Waals surface area (Å²) in [6, 6.07) is 5.53. The third kappa shape index (κ3) is 4.24. The first-order chi connectivity index (χ1) is 11.9. The van der Waals surface area contributed by atoms with Crippen molar-refractivity contribution in [1.29, 1.82) is 0 Å². The van der Waals surface area contributed by atoms with Gasteiger partial charge in [0.15, 0.2) is 5.94 Å². The molecule has 1 aromatic rings. The van der Waals surface area contributed by atoms with Crippen LogP contribution in [0.2, 0.25) is 0 Å². The zero-order valence-electron chi connectivity index (χ0n) is 13.2. The molecule has 132 valence electrons. The summed E-state index contributed by atoms with van der Waals surface area (Å²) < 4.78 is 32.0. The summed E-state index contributed by atoms with van der Waals surface area (Å²) in [4.78, 5) is 13.5. The van der Waals surface area contributed by atoms with Gasteiger partial charge in [-0.3, -0.25) is 0 Å². The van der Waals surface area contributed by atoms with Crippen molar-refractivity contribution in [2.75, 3.05) is 6.54 Å². The summed E-state index contributed by atoms with van der Waals surface area (Å²) in [5.74, 6) is 1.09. The smallest absolute Gasteiger partial charge is 0.297 e. The lowest BCUT2D eigenvalue weighted by Crippen LogP contribution is -2.45. The number of benzene rings is 1. The predicted octanol–water partition coefficient (Wildman–Crippen LogP) is 3.04. The second kappa shape index (κ2) is 8.22. The lowest BCUT2D eigenvalue weighted by Gasteiger charge is -2.34. The number of aryl methyl sites for hydroxylation is 1. The Hall–Kier alpha value is -2.25. The van der Waals surface area contributed by atoms with E-state index in [1.54, 1.807) is 12.1 Å². The highest BCUT2D eigenvalue weighted by atomic mass is 79.9. The maximum absolute atomic E-state index is 13.0. The predicted molar refractivity (Wildman–Crippen MR) is 94.8 cm³/mol. The first-order valence-corrected chi connectivity index (χ1v) is 9.62. The van der Waals surface area contributed by atoms with Crippen LogP contribution in [-0.4, -0.2) is 36.1 Å². The zero-order valence-corrected chi connectivity index (χ0v) is 15.6. The number of halogens is 1. The molecule has 8 nitrogen and oxygen atoms in total.